The smallest absolute Gasteiger partial charge is 0.290 e. The minimum absolute atomic E-state index is 0.0211. The van der Waals surface area contributed by atoms with Gasteiger partial charge in [0.05, 0.1) is 6.04 Å². The van der Waals surface area contributed by atoms with Crippen LogP contribution in [0.15, 0.2) is 22.7 Å². The van der Waals surface area contributed by atoms with Gasteiger partial charge in [-0.05, 0) is 50.4 Å². The molecule has 1 amide bonds. The summed E-state index contributed by atoms with van der Waals surface area (Å²) in [7, 11) is 0. The van der Waals surface area contributed by atoms with Crippen molar-refractivity contribution in [2.75, 3.05) is 19.7 Å². The second-order valence-electron chi connectivity index (χ2n) is 6.13. The third-order valence-electron chi connectivity index (χ3n) is 4.29. The second kappa shape index (κ2) is 7.00. The molecule has 1 unspecified atom stereocenters. The van der Waals surface area contributed by atoms with Gasteiger partial charge in [-0.1, -0.05) is 17.3 Å². The Bertz CT molecular complexity index is 728. The van der Waals surface area contributed by atoms with Crippen LogP contribution in [0.4, 0.5) is 0 Å². The molecule has 1 saturated heterocycles. The molecule has 2 N–H and O–H groups in total. The molecule has 1 aromatic heterocycles. The first-order valence-electron chi connectivity index (χ1n) is 8.12. The van der Waals surface area contributed by atoms with E-state index in [1.54, 1.807) is 0 Å². The van der Waals surface area contributed by atoms with Gasteiger partial charge in [-0.25, -0.2) is 0 Å². The number of likely N-dealkylation sites (tertiary alicyclic amines) is 1. The lowest BCUT2D eigenvalue weighted by Gasteiger charge is -2.21. The first-order valence-corrected chi connectivity index (χ1v) is 8.12. The Hall–Kier alpha value is -2.41. The number of hydrogen-bond donors (Lipinski definition) is 1. The number of carbonyl (C=O) groups is 1. The van der Waals surface area contributed by atoms with Crippen LogP contribution in [0.5, 0.6) is 5.75 Å². The third-order valence-corrected chi connectivity index (χ3v) is 4.29. The zero-order chi connectivity index (χ0) is 17.1. The van der Waals surface area contributed by atoms with E-state index in [-0.39, 0.29) is 11.9 Å². The summed E-state index contributed by atoms with van der Waals surface area (Å²) in [6, 6.07) is 6.21. The summed E-state index contributed by atoms with van der Waals surface area (Å²) in [5.74, 6) is 0.629. The van der Waals surface area contributed by atoms with Crippen molar-refractivity contribution in [2.45, 2.75) is 32.7 Å². The molecule has 1 fully saturated rings. The highest BCUT2D eigenvalue weighted by molar-refractivity contribution is 5.88. The van der Waals surface area contributed by atoms with Gasteiger partial charge < -0.3 is 15.0 Å². The van der Waals surface area contributed by atoms with Crippen LogP contribution >= 0.6 is 0 Å². The van der Waals surface area contributed by atoms with Gasteiger partial charge >= 0.3 is 0 Å². The van der Waals surface area contributed by atoms with Crippen molar-refractivity contribution in [3.8, 4) is 5.75 Å². The first kappa shape index (κ1) is 16.4. The molecule has 7 nitrogen and oxygen atoms in total. The van der Waals surface area contributed by atoms with Crippen molar-refractivity contribution >= 4 is 5.91 Å². The number of primary amides is 1. The average molecular weight is 330 g/mol. The van der Waals surface area contributed by atoms with Crippen molar-refractivity contribution in [3.05, 3.63) is 41.0 Å². The van der Waals surface area contributed by atoms with Gasteiger partial charge in [0, 0.05) is 6.54 Å². The number of benzene rings is 1. The molecule has 0 radical (unpaired) electrons. The standard InChI is InChI=1S/C17H22N4O3/c1-11-5-6-12(2)14(10-11)23-9-8-21-7-3-4-13(21)17-19-16(15(18)22)20-24-17/h5-6,10,13H,3-4,7-9H2,1-2H3,(H2,18,22). The molecular weight excluding hydrogens is 308 g/mol. The maximum atomic E-state index is 11.1. The summed E-state index contributed by atoms with van der Waals surface area (Å²) in [4.78, 5) is 17.4. The number of hydrogen-bond acceptors (Lipinski definition) is 6. The zero-order valence-corrected chi connectivity index (χ0v) is 14.0. The lowest BCUT2D eigenvalue weighted by atomic mass is 10.1. The lowest BCUT2D eigenvalue weighted by molar-refractivity contribution is 0.0987. The molecule has 128 valence electrons. The number of amides is 1. The molecule has 1 aliphatic heterocycles. The van der Waals surface area contributed by atoms with Crippen LogP contribution in [0.3, 0.4) is 0 Å². The molecule has 0 saturated carbocycles. The highest BCUT2D eigenvalue weighted by atomic mass is 16.5. The van der Waals surface area contributed by atoms with Crippen molar-refractivity contribution < 1.29 is 14.1 Å². The molecule has 0 spiro atoms. The lowest BCUT2D eigenvalue weighted by Crippen LogP contribution is -2.28. The van der Waals surface area contributed by atoms with E-state index in [0.717, 1.165) is 37.2 Å². The minimum atomic E-state index is -0.673. The molecule has 0 aliphatic carbocycles. The van der Waals surface area contributed by atoms with Crippen molar-refractivity contribution in [1.82, 2.24) is 15.0 Å². The van der Waals surface area contributed by atoms with Crippen LogP contribution in [-0.2, 0) is 0 Å². The van der Waals surface area contributed by atoms with Gasteiger partial charge in [0.25, 0.3) is 11.7 Å². The Morgan fingerprint density at radius 3 is 3.04 bits per heavy atom. The molecule has 3 rings (SSSR count). The van der Waals surface area contributed by atoms with Gasteiger partial charge in [0.15, 0.2) is 0 Å². The quantitative estimate of drug-likeness (QED) is 0.870. The molecule has 24 heavy (non-hydrogen) atoms. The molecular formula is C17H22N4O3. The summed E-state index contributed by atoms with van der Waals surface area (Å²) >= 11 is 0. The second-order valence-corrected chi connectivity index (χ2v) is 6.13. The van der Waals surface area contributed by atoms with Gasteiger partial charge in [0.1, 0.15) is 12.4 Å². The van der Waals surface area contributed by atoms with Crippen molar-refractivity contribution in [1.29, 1.82) is 0 Å². The predicted octanol–water partition coefficient (Wildman–Crippen LogP) is 2.00. The van der Waals surface area contributed by atoms with Gasteiger partial charge in [-0.15, -0.1) is 0 Å². The van der Waals surface area contributed by atoms with Gasteiger partial charge in [0.2, 0.25) is 5.89 Å². The van der Waals surface area contributed by atoms with Crippen LogP contribution in [0.1, 0.15) is 46.5 Å². The monoisotopic (exact) mass is 330 g/mol. The summed E-state index contributed by atoms with van der Waals surface area (Å²) in [6.45, 7) is 6.37. The molecule has 2 aromatic rings. The van der Waals surface area contributed by atoms with Crippen molar-refractivity contribution in [3.63, 3.8) is 0 Å². The number of nitrogens with two attached hydrogens (primary N) is 1. The number of aromatic nitrogens is 2. The molecule has 1 aromatic carbocycles. The topological polar surface area (TPSA) is 94.5 Å². The molecule has 0 bridgehead atoms. The normalized spacial score (nSPS) is 18.0. The molecule has 2 heterocycles. The number of nitrogens with zero attached hydrogens (tertiary/aromatic N) is 3. The number of ether oxygens (including phenoxy) is 1. The van der Waals surface area contributed by atoms with Crippen LogP contribution in [0.25, 0.3) is 0 Å². The Morgan fingerprint density at radius 1 is 1.46 bits per heavy atom. The summed E-state index contributed by atoms with van der Waals surface area (Å²) in [5, 5.41) is 3.63. The van der Waals surface area contributed by atoms with E-state index in [2.05, 4.69) is 34.1 Å². The summed E-state index contributed by atoms with van der Waals surface area (Å²) < 4.78 is 11.1. The SMILES string of the molecule is Cc1ccc(C)c(OCCN2CCCC2c2nc(C(N)=O)no2)c1. The Morgan fingerprint density at radius 2 is 2.29 bits per heavy atom. The number of carbonyl (C=O) groups excluding carboxylic acids is 1. The highest BCUT2D eigenvalue weighted by Crippen LogP contribution is 2.30. The molecule has 1 aliphatic rings. The zero-order valence-electron chi connectivity index (χ0n) is 14.0. The third kappa shape index (κ3) is 3.56. The number of rotatable bonds is 6. The first-order chi connectivity index (χ1) is 11.5. The van der Waals surface area contributed by atoms with E-state index in [0.29, 0.717) is 12.5 Å². The largest absolute Gasteiger partial charge is 0.492 e. The van der Waals surface area contributed by atoms with E-state index in [1.807, 2.05) is 13.0 Å². The number of aryl methyl sites for hydroxylation is 2. The fourth-order valence-electron chi connectivity index (χ4n) is 2.98. The Balaban J connectivity index is 1.59. The Labute approximate surface area is 140 Å². The fraction of sp³-hybridized carbons (Fsp3) is 0.471. The minimum Gasteiger partial charge on any atom is -0.492 e. The van der Waals surface area contributed by atoms with E-state index < -0.39 is 5.91 Å². The summed E-state index contributed by atoms with van der Waals surface area (Å²) in [6.07, 6.45) is 1.96. The van der Waals surface area contributed by atoms with E-state index in [1.165, 1.54) is 5.56 Å². The van der Waals surface area contributed by atoms with E-state index >= 15 is 0 Å². The van der Waals surface area contributed by atoms with E-state index in [4.69, 9.17) is 15.0 Å². The summed E-state index contributed by atoms with van der Waals surface area (Å²) in [5.41, 5.74) is 7.48. The maximum absolute atomic E-state index is 11.1. The van der Waals surface area contributed by atoms with Gasteiger partial charge in [-0.2, -0.15) is 4.98 Å². The predicted molar refractivity (Wildman–Crippen MR) is 87.8 cm³/mol. The average Bonchev–Trinajstić information content (AvgIpc) is 3.19. The Kier molecular flexibility index (Phi) is 4.80. The van der Waals surface area contributed by atoms with Crippen LogP contribution in [0, 0.1) is 13.8 Å². The molecule has 7 heteroatoms. The maximum Gasteiger partial charge on any atom is 0.290 e. The van der Waals surface area contributed by atoms with Crippen LogP contribution in [-0.4, -0.2) is 40.6 Å². The van der Waals surface area contributed by atoms with Gasteiger partial charge in [-0.3, -0.25) is 9.69 Å². The van der Waals surface area contributed by atoms with E-state index in [9.17, 15) is 4.79 Å². The van der Waals surface area contributed by atoms with Crippen molar-refractivity contribution in [2.24, 2.45) is 5.73 Å². The van der Waals surface area contributed by atoms with Crippen LogP contribution in [0.2, 0.25) is 0 Å². The fourth-order valence-corrected chi connectivity index (χ4v) is 2.98. The highest BCUT2D eigenvalue weighted by Gasteiger charge is 2.31. The van der Waals surface area contributed by atoms with Crippen LogP contribution < -0.4 is 10.5 Å². The molecule has 1 atom stereocenters.